The number of carbonyl (C=O) groups excluding carboxylic acids is 1. The van der Waals surface area contributed by atoms with Crippen LogP contribution in [0.15, 0.2) is 24.3 Å². The zero-order chi connectivity index (χ0) is 14.6. The topological polar surface area (TPSA) is 49.3 Å². The normalized spacial score (nSPS) is 17.6. The molecule has 0 saturated heterocycles. The summed E-state index contributed by atoms with van der Waals surface area (Å²) in [6.07, 6.45) is 6.79. The molecule has 4 heteroatoms. The molecule has 0 aliphatic heterocycles. The number of hydrogen-bond donors (Lipinski definition) is 2. The van der Waals surface area contributed by atoms with Crippen molar-refractivity contribution in [3.05, 3.63) is 40.4 Å². The van der Waals surface area contributed by atoms with E-state index in [-0.39, 0.29) is 5.91 Å². The molecule has 0 atom stereocenters. The van der Waals surface area contributed by atoms with Crippen LogP contribution < -0.4 is 5.32 Å². The van der Waals surface area contributed by atoms with Crippen LogP contribution in [-0.4, -0.2) is 23.2 Å². The molecule has 2 rings (SSSR count). The molecule has 1 aromatic carbocycles. The molecular weight excluding hydrogens is 274 g/mol. The Morgan fingerprint density at radius 1 is 1.45 bits per heavy atom. The number of carbonyl (C=O) groups is 1. The van der Waals surface area contributed by atoms with Crippen LogP contribution in [0.5, 0.6) is 0 Å². The molecule has 0 heterocycles. The maximum absolute atomic E-state index is 11.7. The quantitative estimate of drug-likeness (QED) is 0.838. The van der Waals surface area contributed by atoms with Crippen LogP contribution in [0.3, 0.4) is 0 Å². The first kappa shape index (κ1) is 15.1. The van der Waals surface area contributed by atoms with Gasteiger partial charge in [0.1, 0.15) is 0 Å². The van der Waals surface area contributed by atoms with Gasteiger partial charge in [0.25, 0.3) is 0 Å². The zero-order valence-corrected chi connectivity index (χ0v) is 12.4. The molecular formula is C16H20ClNO2. The van der Waals surface area contributed by atoms with Crippen molar-refractivity contribution in [2.45, 2.75) is 38.2 Å². The Hall–Kier alpha value is -1.32. The number of aryl methyl sites for hydroxylation is 1. The van der Waals surface area contributed by atoms with Gasteiger partial charge in [-0.05, 0) is 43.0 Å². The number of rotatable bonds is 4. The first-order chi connectivity index (χ1) is 9.48. The molecule has 1 aromatic rings. The van der Waals surface area contributed by atoms with E-state index in [1.807, 2.05) is 25.1 Å². The molecule has 108 valence electrons. The van der Waals surface area contributed by atoms with Crippen LogP contribution in [0, 0.1) is 6.92 Å². The maximum Gasteiger partial charge on any atom is 0.244 e. The SMILES string of the molecule is Cc1ccc(C=CC(=O)NCC2(O)CCCC2)cc1Cl. The number of amides is 1. The fourth-order valence-corrected chi connectivity index (χ4v) is 2.59. The smallest absolute Gasteiger partial charge is 0.244 e. The number of hydrogen-bond acceptors (Lipinski definition) is 2. The molecule has 3 nitrogen and oxygen atoms in total. The molecule has 0 radical (unpaired) electrons. The molecule has 1 amide bonds. The Balaban J connectivity index is 1.87. The minimum atomic E-state index is -0.712. The van der Waals surface area contributed by atoms with E-state index in [1.54, 1.807) is 6.08 Å². The average Bonchev–Trinajstić information content (AvgIpc) is 2.85. The first-order valence-electron chi connectivity index (χ1n) is 6.93. The van der Waals surface area contributed by atoms with Crippen LogP contribution in [0.25, 0.3) is 6.08 Å². The molecule has 1 aliphatic carbocycles. The van der Waals surface area contributed by atoms with E-state index in [1.165, 1.54) is 6.08 Å². The Morgan fingerprint density at radius 2 is 2.15 bits per heavy atom. The van der Waals surface area contributed by atoms with Crippen molar-refractivity contribution in [1.29, 1.82) is 0 Å². The van der Waals surface area contributed by atoms with Crippen molar-refractivity contribution in [3.63, 3.8) is 0 Å². The molecule has 1 aliphatic rings. The molecule has 0 aromatic heterocycles. The lowest BCUT2D eigenvalue weighted by molar-refractivity contribution is -0.117. The highest BCUT2D eigenvalue weighted by Gasteiger charge is 2.30. The minimum absolute atomic E-state index is 0.193. The van der Waals surface area contributed by atoms with Gasteiger partial charge in [-0.2, -0.15) is 0 Å². The molecule has 0 unspecified atom stereocenters. The molecule has 1 fully saturated rings. The second-order valence-corrected chi connectivity index (χ2v) is 5.90. The third-order valence-corrected chi connectivity index (χ3v) is 4.16. The van der Waals surface area contributed by atoms with Crippen LogP contribution >= 0.6 is 11.6 Å². The number of aliphatic hydroxyl groups is 1. The Morgan fingerprint density at radius 3 is 2.80 bits per heavy atom. The number of nitrogens with one attached hydrogen (secondary N) is 1. The molecule has 20 heavy (non-hydrogen) atoms. The summed E-state index contributed by atoms with van der Waals surface area (Å²) in [6, 6.07) is 5.65. The predicted molar refractivity (Wildman–Crippen MR) is 81.7 cm³/mol. The van der Waals surface area contributed by atoms with Crippen molar-refractivity contribution in [2.24, 2.45) is 0 Å². The highest BCUT2D eigenvalue weighted by Crippen LogP contribution is 2.28. The monoisotopic (exact) mass is 293 g/mol. The van der Waals surface area contributed by atoms with Gasteiger partial charge in [0.15, 0.2) is 0 Å². The Labute approximate surface area is 124 Å². The number of benzene rings is 1. The predicted octanol–water partition coefficient (Wildman–Crippen LogP) is 3.08. The third kappa shape index (κ3) is 4.09. The fraction of sp³-hybridized carbons (Fsp3) is 0.438. The zero-order valence-electron chi connectivity index (χ0n) is 11.7. The molecule has 0 bridgehead atoms. The van der Waals surface area contributed by atoms with E-state index in [0.717, 1.165) is 36.8 Å². The van der Waals surface area contributed by atoms with Gasteiger partial charge in [0, 0.05) is 17.6 Å². The van der Waals surface area contributed by atoms with Crippen molar-refractivity contribution in [3.8, 4) is 0 Å². The molecule has 2 N–H and O–H groups in total. The van der Waals surface area contributed by atoms with Crippen molar-refractivity contribution >= 4 is 23.6 Å². The van der Waals surface area contributed by atoms with Crippen molar-refractivity contribution in [1.82, 2.24) is 5.32 Å². The van der Waals surface area contributed by atoms with Gasteiger partial charge in [-0.25, -0.2) is 0 Å². The van der Waals surface area contributed by atoms with Gasteiger partial charge in [-0.1, -0.05) is 36.6 Å². The number of halogens is 1. The lowest BCUT2D eigenvalue weighted by Crippen LogP contribution is -2.40. The van der Waals surface area contributed by atoms with Gasteiger partial charge < -0.3 is 10.4 Å². The average molecular weight is 294 g/mol. The van der Waals surface area contributed by atoms with Crippen molar-refractivity contribution < 1.29 is 9.90 Å². The second kappa shape index (κ2) is 6.42. The molecule has 0 spiro atoms. The largest absolute Gasteiger partial charge is 0.388 e. The van der Waals surface area contributed by atoms with E-state index in [0.29, 0.717) is 11.6 Å². The van der Waals surface area contributed by atoms with Gasteiger partial charge in [0.05, 0.1) is 5.60 Å². The minimum Gasteiger partial charge on any atom is -0.388 e. The van der Waals surface area contributed by atoms with Crippen LogP contribution in [0.2, 0.25) is 5.02 Å². The summed E-state index contributed by atoms with van der Waals surface area (Å²) in [5.41, 5.74) is 1.18. The summed E-state index contributed by atoms with van der Waals surface area (Å²) < 4.78 is 0. The lowest BCUT2D eigenvalue weighted by Gasteiger charge is -2.21. The Kier molecular flexibility index (Phi) is 4.84. The van der Waals surface area contributed by atoms with E-state index in [2.05, 4.69) is 5.32 Å². The summed E-state index contributed by atoms with van der Waals surface area (Å²) in [6.45, 7) is 2.26. The standard InChI is InChI=1S/C16H20ClNO2/c1-12-4-5-13(10-14(12)17)6-7-15(19)18-11-16(20)8-2-3-9-16/h4-7,10,20H,2-3,8-9,11H2,1H3,(H,18,19). The van der Waals surface area contributed by atoms with Crippen LogP contribution in [0.4, 0.5) is 0 Å². The summed E-state index contributed by atoms with van der Waals surface area (Å²) in [4.78, 5) is 11.7. The van der Waals surface area contributed by atoms with Gasteiger partial charge >= 0.3 is 0 Å². The van der Waals surface area contributed by atoms with E-state index in [9.17, 15) is 9.90 Å². The Bertz CT molecular complexity index is 519. The maximum atomic E-state index is 11.7. The highest BCUT2D eigenvalue weighted by atomic mass is 35.5. The van der Waals surface area contributed by atoms with Gasteiger partial charge in [-0.15, -0.1) is 0 Å². The third-order valence-electron chi connectivity index (χ3n) is 3.75. The fourth-order valence-electron chi connectivity index (χ4n) is 2.41. The van der Waals surface area contributed by atoms with Gasteiger partial charge in [0.2, 0.25) is 5.91 Å². The van der Waals surface area contributed by atoms with Crippen LogP contribution in [0.1, 0.15) is 36.8 Å². The highest BCUT2D eigenvalue weighted by molar-refractivity contribution is 6.31. The summed E-state index contributed by atoms with van der Waals surface area (Å²) in [7, 11) is 0. The van der Waals surface area contributed by atoms with Crippen molar-refractivity contribution in [2.75, 3.05) is 6.54 Å². The lowest BCUT2D eigenvalue weighted by atomic mass is 10.0. The van der Waals surface area contributed by atoms with E-state index < -0.39 is 5.60 Å². The summed E-state index contributed by atoms with van der Waals surface area (Å²) >= 11 is 6.03. The second-order valence-electron chi connectivity index (χ2n) is 5.49. The van der Waals surface area contributed by atoms with Gasteiger partial charge in [-0.3, -0.25) is 4.79 Å². The van der Waals surface area contributed by atoms with E-state index >= 15 is 0 Å². The summed E-state index contributed by atoms with van der Waals surface area (Å²) in [5, 5.41) is 13.6. The van der Waals surface area contributed by atoms with E-state index in [4.69, 9.17) is 11.6 Å². The summed E-state index contributed by atoms with van der Waals surface area (Å²) in [5.74, 6) is -0.193. The van der Waals surface area contributed by atoms with Crippen LogP contribution in [-0.2, 0) is 4.79 Å². The molecule has 1 saturated carbocycles. The first-order valence-corrected chi connectivity index (χ1v) is 7.31.